The molecule has 0 radical (unpaired) electrons. The first-order valence-corrected chi connectivity index (χ1v) is 18.6. The van der Waals surface area contributed by atoms with Gasteiger partial charge in [0.25, 0.3) is 0 Å². The van der Waals surface area contributed by atoms with Crippen molar-refractivity contribution >= 4 is 8.32 Å². The summed E-state index contributed by atoms with van der Waals surface area (Å²) < 4.78 is 6.93. The standard InChI is InChI=1S/C33H60O2Si/c1-22(2)30(34)16-11-23(3)27-14-15-28-26-13-12-24-21-25(35-36(9,10)31(4,5)6)17-19-32(24,7)29(26)18-20-33(27,28)8/h12,22-23,25-30,34H,11,13-21H2,1-10H3/t23-,25?,26+,27-,28+,29+,30+,32+,33-/m1/s1. The van der Waals surface area contributed by atoms with Crippen LogP contribution in [0.3, 0.4) is 0 Å². The molecule has 4 aliphatic carbocycles. The third-order valence-electron chi connectivity index (χ3n) is 12.8. The van der Waals surface area contributed by atoms with Crippen molar-refractivity contribution in [3.05, 3.63) is 11.6 Å². The third-order valence-corrected chi connectivity index (χ3v) is 17.3. The predicted octanol–water partition coefficient (Wildman–Crippen LogP) is 9.39. The molecule has 2 nitrogen and oxygen atoms in total. The van der Waals surface area contributed by atoms with E-state index in [-0.39, 0.29) is 11.1 Å². The Morgan fingerprint density at radius 2 is 1.69 bits per heavy atom. The fraction of sp³-hybridized carbons (Fsp3) is 0.939. The van der Waals surface area contributed by atoms with Crippen molar-refractivity contribution < 1.29 is 9.53 Å². The van der Waals surface area contributed by atoms with E-state index in [9.17, 15) is 5.11 Å². The minimum atomic E-state index is -1.72. The first-order chi connectivity index (χ1) is 16.6. The van der Waals surface area contributed by atoms with E-state index in [1.165, 1.54) is 57.8 Å². The van der Waals surface area contributed by atoms with Crippen LogP contribution in [-0.2, 0) is 4.43 Å². The molecule has 0 aromatic heterocycles. The highest BCUT2D eigenvalue weighted by Crippen LogP contribution is 2.67. The molecule has 0 aliphatic heterocycles. The Morgan fingerprint density at radius 1 is 1.00 bits per heavy atom. The zero-order chi connectivity index (χ0) is 26.7. The summed E-state index contributed by atoms with van der Waals surface area (Å²) in [6, 6.07) is 0. The molecular weight excluding hydrogens is 456 g/mol. The number of hydrogen-bond donors (Lipinski definition) is 1. The van der Waals surface area contributed by atoms with Gasteiger partial charge in [0.15, 0.2) is 8.32 Å². The minimum Gasteiger partial charge on any atom is -0.414 e. The van der Waals surface area contributed by atoms with E-state index in [4.69, 9.17) is 4.43 Å². The molecule has 3 saturated carbocycles. The number of fused-ring (bicyclic) bond motifs is 5. The maximum absolute atomic E-state index is 10.4. The largest absolute Gasteiger partial charge is 0.414 e. The van der Waals surface area contributed by atoms with Crippen molar-refractivity contribution in [2.24, 2.45) is 46.3 Å². The molecule has 0 heterocycles. The fourth-order valence-corrected chi connectivity index (χ4v) is 10.7. The van der Waals surface area contributed by atoms with Crippen molar-refractivity contribution in [1.82, 2.24) is 0 Å². The Balaban J connectivity index is 1.45. The van der Waals surface area contributed by atoms with Crippen molar-refractivity contribution in [3.63, 3.8) is 0 Å². The molecule has 4 aliphatic rings. The monoisotopic (exact) mass is 516 g/mol. The quantitative estimate of drug-likeness (QED) is 0.270. The molecule has 0 bridgehead atoms. The van der Waals surface area contributed by atoms with Crippen molar-refractivity contribution in [2.45, 2.75) is 150 Å². The number of aliphatic hydroxyl groups excluding tert-OH is 1. The lowest BCUT2D eigenvalue weighted by molar-refractivity contribution is -0.0572. The minimum absolute atomic E-state index is 0.134. The number of aliphatic hydroxyl groups is 1. The molecular formula is C33H60O2Si. The van der Waals surface area contributed by atoms with Gasteiger partial charge in [-0.1, -0.05) is 67.0 Å². The Labute approximate surface area is 225 Å². The van der Waals surface area contributed by atoms with Crippen LogP contribution in [0.15, 0.2) is 11.6 Å². The lowest BCUT2D eigenvalue weighted by Crippen LogP contribution is -2.52. The molecule has 0 saturated heterocycles. The van der Waals surface area contributed by atoms with Gasteiger partial charge in [0, 0.05) is 6.10 Å². The second kappa shape index (κ2) is 10.1. The van der Waals surface area contributed by atoms with Gasteiger partial charge in [0.05, 0.1) is 6.10 Å². The van der Waals surface area contributed by atoms with Crippen molar-refractivity contribution in [3.8, 4) is 0 Å². The summed E-state index contributed by atoms with van der Waals surface area (Å²) in [5, 5.41) is 10.7. The van der Waals surface area contributed by atoms with E-state index in [1.807, 2.05) is 0 Å². The van der Waals surface area contributed by atoms with Crippen LogP contribution in [0.2, 0.25) is 18.1 Å². The molecule has 0 spiro atoms. The van der Waals surface area contributed by atoms with Crippen LogP contribution in [0.25, 0.3) is 0 Å². The summed E-state index contributed by atoms with van der Waals surface area (Å²) in [4.78, 5) is 0. The molecule has 0 amide bonds. The van der Waals surface area contributed by atoms with Gasteiger partial charge in [0.2, 0.25) is 0 Å². The van der Waals surface area contributed by atoms with Gasteiger partial charge in [-0.25, -0.2) is 0 Å². The van der Waals surface area contributed by atoms with E-state index < -0.39 is 8.32 Å². The average molecular weight is 517 g/mol. The van der Waals surface area contributed by atoms with Crippen LogP contribution >= 0.6 is 0 Å². The Bertz CT molecular complexity index is 809. The number of rotatable bonds is 7. The van der Waals surface area contributed by atoms with Crippen LogP contribution in [0, 0.1) is 46.3 Å². The van der Waals surface area contributed by atoms with Gasteiger partial charge in [-0.2, -0.15) is 0 Å². The Morgan fingerprint density at radius 3 is 2.33 bits per heavy atom. The molecule has 36 heavy (non-hydrogen) atoms. The van der Waals surface area contributed by atoms with Crippen LogP contribution in [0.1, 0.15) is 120 Å². The molecule has 3 heteroatoms. The van der Waals surface area contributed by atoms with Gasteiger partial charge in [-0.3, -0.25) is 0 Å². The topological polar surface area (TPSA) is 29.5 Å². The van der Waals surface area contributed by atoms with Crippen LogP contribution in [-0.4, -0.2) is 25.6 Å². The molecule has 9 atom stereocenters. The van der Waals surface area contributed by atoms with Gasteiger partial charge in [-0.05, 0) is 129 Å². The van der Waals surface area contributed by atoms with Gasteiger partial charge >= 0.3 is 0 Å². The molecule has 208 valence electrons. The van der Waals surface area contributed by atoms with Crippen molar-refractivity contribution in [2.75, 3.05) is 0 Å². The molecule has 0 aromatic carbocycles. The second-order valence-electron chi connectivity index (χ2n) is 16.1. The summed E-state index contributed by atoms with van der Waals surface area (Å²) in [5.41, 5.74) is 2.67. The molecule has 3 fully saturated rings. The average Bonchev–Trinajstić information content (AvgIpc) is 3.13. The zero-order valence-electron chi connectivity index (χ0n) is 25.6. The summed E-state index contributed by atoms with van der Waals surface area (Å²) in [5.74, 6) is 4.61. The number of hydrogen-bond acceptors (Lipinski definition) is 2. The lowest BCUT2D eigenvalue weighted by atomic mass is 9.47. The lowest BCUT2D eigenvalue weighted by Gasteiger charge is -2.59. The summed E-state index contributed by atoms with van der Waals surface area (Å²) in [7, 11) is -1.72. The first-order valence-electron chi connectivity index (χ1n) is 15.7. The molecule has 1 N–H and O–H groups in total. The Hall–Kier alpha value is -0.123. The van der Waals surface area contributed by atoms with Gasteiger partial charge < -0.3 is 9.53 Å². The van der Waals surface area contributed by atoms with E-state index in [0.29, 0.717) is 22.9 Å². The maximum atomic E-state index is 10.4. The molecule has 1 unspecified atom stereocenters. The fourth-order valence-electron chi connectivity index (χ4n) is 9.26. The predicted molar refractivity (Wildman–Crippen MR) is 157 cm³/mol. The highest BCUT2D eigenvalue weighted by atomic mass is 28.4. The normalized spacial score (nSPS) is 40.8. The first kappa shape index (κ1) is 28.9. The Kier molecular flexibility index (Phi) is 8.12. The highest BCUT2D eigenvalue weighted by molar-refractivity contribution is 6.74. The van der Waals surface area contributed by atoms with E-state index >= 15 is 0 Å². The SMILES string of the molecule is CC(C)[C@@H](O)CC[C@@H](C)[C@H]1CC[C@H]2[C@@H]3CC=C4CC(O[Si](C)(C)C(C)(C)C)CC[C@]4(C)[C@H]3CC[C@]12C. The van der Waals surface area contributed by atoms with Gasteiger partial charge in [0.1, 0.15) is 0 Å². The van der Waals surface area contributed by atoms with Crippen LogP contribution < -0.4 is 0 Å². The smallest absolute Gasteiger partial charge is 0.192 e. The molecule has 4 rings (SSSR count). The number of allylic oxidation sites excluding steroid dienone is 1. The summed E-state index contributed by atoms with van der Waals surface area (Å²) in [6.07, 6.45) is 16.0. The van der Waals surface area contributed by atoms with Gasteiger partial charge in [-0.15, -0.1) is 0 Å². The third kappa shape index (κ3) is 5.08. The second-order valence-corrected chi connectivity index (χ2v) is 20.9. The van der Waals surface area contributed by atoms with Crippen LogP contribution in [0.4, 0.5) is 0 Å². The highest BCUT2D eigenvalue weighted by Gasteiger charge is 2.59. The van der Waals surface area contributed by atoms with Crippen LogP contribution in [0.5, 0.6) is 0 Å². The van der Waals surface area contributed by atoms with Crippen molar-refractivity contribution in [1.29, 1.82) is 0 Å². The summed E-state index contributed by atoms with van der Waals surface area (Å²) >= 11 is 0. The summed E-state index contributed by atoms with van der Waals surface area (Å²) in [6.45, 7) is 24.1. The maximum Gasteiger partial charge on any atom is 0.192 e. The zero-order valence-corrected chi connectivity index (χ0v) is 26.6. The van der Waals surface area contributed by atoms with E-state index in [0.717, 1.165) is 36.0 Å². The van der Waals surface area contributed by atoms with E-state index in [2.05, 4.69) is 74.6 Å². The van der Waals surface area contributed by atoms with E-state index in [1.54, 1.807) is 5.57 Å². The molecule has 0 aromatic rings.